The maximum Gasteiger partial charge on any atom is 0.222 e. The highest BCUT2D eigenvalue weighted by Gasteiger charge is 2.17. The average molecular weight is 1040 g/mol. The molecule has 3 amide bonds. The Labute approximate surface area is 455 Å². The molecule has 1 aliphatic rings. The zero-order valence-corrected chi connectivity index (χ0v) is 54.9. The molecule has 72 heavy (non-hydrogen) atoms. The van der Waals surface area contributed by atoms with Gasteiger partial charge in [-0.15, -0.1) is 0 Å². The van der Waals surface area contributed by atoms with Crippen LogP contribution in [0.25, 0.3) is 0 Å². The number of carbonyl (C=O) groups excluding carboxylic acids is 3. The second kappa shape index (κ2) is 67.3. The average Bonchev–Trinajstić information content (AvgIpc) is 3.79. The number of hydrogen-bond acceptors (Lipinski definition) is 7. The minimum Gasteiger partial charge on any atom is -0.396 e. The number of nitrogens with zero attached hydrogens (tertiary/aromatic N) is 2. The second-order valence-corrected chi connectivity index (χ2v) is 24.3. The quantitative estimate of drug-likeness (QED) is 0.0975. The van der Waals surface area contributed by atoms with E-state index in [-0.39, 0.29) is 11.8 Å². The van der Waals surface area contributed by atoms with E-state index < -0.39 is 0 Å². The van der Waals surface area contributed by atoms with Crippen LogP contribution in [0, 0.1) is 65.1 Å². The van der Waals surface area contributed by atoms with E-state index in [1.807, 2.05) is 25.8 Å². The van der Waals surface area contributed by atoms with E-state index in [0.29, 0.717) is 61.0 Å². The standard InChI is InChI=1S/C10H19NO.C9H19NO.C7H16O.C6H14O.C6H14.C5H11NO.C5H13N.C5H12O.C5H12.C4H10/c1-9(2)5-6-10(12)11-7-3-4-8-11;1-8(2)6-5-7-9(11)10(3)4;1-7(2)5-3-4-6-8;1-5(2)6(3)7-4;1-5(2)6(3)4;1-4(2)3-5(6)7;2*1-5(2)4-6-3;1-4-5(2)3;1-4(2)3/h9H,3-8H2,1-2H3;8H,5-7H2,1-4H3;7-8H,3-6H2,1-2H3;5-6H,1-4H3;5-6H,1-4H3;4H,3H2,1-2H3,(H2,6,7);5-6H,4H2,1-3H3;5H,4H2,1-3H3;5H,4H2,1-3H3;4H,1-3H3. The molecule has 1 fully saturated rings. The summed E-state index contributed by atoms with van der Waals surface area (Å²) in [7, 11) is 9.04. The predicted octanol–water partition coefficient (Wildman–Crippen LogP) is 16.1. The Hall–Kier alpha value is -1.75. The first-order valence-corrected chi connectivity index (χ1v) is 29.0. The summed E-state index contributed by atoms with van der Waals surface area (Å²) in [6.45, 7) is 58.5. The largest absolute Gasteiger partial charge is 0.396 e. The number of methoxy groups -OCH3 is 2. The third-order valence-corrected chi connectivity index (χ3v) is 10.4. The van der Waals surface area contributed by atoms with E-state index in [1.165, 1.54) is 32.1 Å². The maximum atomic E-state index is 11.5. The Bertz CT molecular complexity index is 1000. The fourth-order valence-electron chi connectivity index (χ4n) is 4.50. The number of aliphatic hydroxyl groups is 1. The van der Waals surface area contributed by atoms with E-state index in [2.05, 4.69) is 165 Å². The summed E-state index contributed by atoms with van der Waals surface area (Å²) >= 11 is 0. The van der Waals surface area contributed by atoms with Crippen molar-refractivity contribution in [3.8, 4) is 0 Å². The summed E-state index contributed by atoms with van der Waals surface area (Å²) in [5.74, 6) is 8.47. The van der Waals surface area contributed by atoms with Gasteiger partial charge in [0.25, 0.3) is 0 Å². The third-order valence-electron chi connectivity index (χ3n) is 10.4. The Morgan fingerprint density at radius 2 is 0.986 bits per heavy atom. The van der Waals surface area contributed by atoms with E-state index in [4.69, 9.17) is 20.3 Å². The predicted molar refractivity (Wildman–Crippen MR) is 324 cm³/mol. The Balaban J connectivity index is -0.0000000890. The van der Waals surface area contributed by atoms with Crippen molar-refractivity contribution in [2.75, 3.05) is 68.2 Å². The first-order valence-electron chi connectivity index (χ1n) is 29.0. The summed E-state index contributed by atoms with van der Waals surface area (Å²) in [5.41, 5.74) is 4.85. The number of aliphatic hydroxyl groups excluding tert-OH is 1. The molecule has 0 aliphatic carbocycles. The highest BCUT2D eigenvalue weighted by atomic mass is 16.5. The van der Waals surface area contributed by atoms with Crippen LogP contribution in [-0.4, -0.2) is 107 Å². The zero-order chi connectivity index (χ0) is 59.0. The van der Waals surface area contributed by atoms with Gasteiger partial charge in [0.05, 0.1) is 6.10 Å². The molecule has 0 saturated carbocycles. The smallest absolute Gasteiger partial charge is 0.222 e. The molecule has 1 rings (SSSR count). The van der Waals surface area contributed by atoms with Gasteiger partial charge in [0.15, 0.2) is 0 Å². The molecule has 1 heterocycles. The lowest BCUT2D eigenvalue weighted by Gasteiger charge is -2.15. The molecule has 1 saturated heterocycles. The van der Waals surface area contributed by atoms with Gasteiger partial charge in [0.1, 0.15) is 0 Å². The summed E-state index contributed by atoms with van der Waals surface area (Å²) < 4.78 is 9.81. The maximum absolute atomic E-state index is 11.5. The highest BCUT2D eigenvalue weighted by Crippen LogP contribution is 2.12. The topological polar surface area (TPSA) is 134 Å². The van der Waals surface area contributed by atoms with Crippen LogP contribution in [0.15, 0.2) is 0 Å². The van der Waals surface area contributed by atoms with Gasteiger partial charge in [0.2, 0.25) is 17.7 Å². The van der Waals surface area contributed by atoms with Gasteiger partial charge in [-0.2, -0.15) is 0 Å². The molecule has 0 spiro atoms. The van der Waals surface area contributed by atoms with Gasteiger partial charge < -0.3 is 35.4 Å². The molecular formula is C62H140N4O6. The van der Waals surface area contributed by atoms with Crippen molar-refractivity contribution in [2.45, 2.75) is 256 Å². The lowest BCUT2D eigenvalue weighted by atomic mass is 10.0. The first kappa shape index (κ1) is 89.8. The molecule has 1 aliphatic heterocycles. The molecule has 0 aromatic rings. The van der Waals surface area contributed by atoms with Gasteiger partial charge in [-0.3, -0.25) is 14.4 Å². The van der Waals surface area contributed by atoms with Crippen LogP contribution in [0.2, 0.25) is 0 Å². The van der Waals surface area contributed by atoms with Gasteiger partial charge in [-0.25, -0.2) is 0 Å². The number of carbonyl (C=O) groups is 3. The number of nitrogens with two attached hydrogens (primary N) is 1. The fourth-order valence-corrected chi connectivity index (χ4v) is 4.50. The van der Waals surface area contributed by atoms with Crippen LogP contribution in [0.3, 0.4) is 0 Å². The molecular weight excluding hydrogens is 897 g/mol. The Morgan fingerprint density at radius 3 is 1.17 bits per heavy atom. The van der Waals surface area contributed by atoms with Crippen molar-refractivity contribution >= 4 is 17.7 Å². The Morgan fingerprint density at radius 1 is 0.583 bits per heavy atom. The van der Waals surface area contributed by atoms with Crippen LogP contribution in [0.1, 0.15) is 250 Å². The third kappa shape index (κ3) is 118. The number of ether oxygens (including phenoxy) is 2. The summed E-state index contributed by atoms with van der Waals surface area (Å²) in [6.07, 6.45) is 12.7. The number of unbranched alkanes of at least 4 members (excludes halogenated alkanes) is 1. The molecule has 4 N–H and O–H groups in total. The molecule has 0 radical (unpaired) electrons. The fraction of sp³-hybridized carbons (Fsp3) is 0.952. The summed E-state index contributed by atoms with van der Waals surface area (Å²) in [6, 6.07) is 0. The lowest BCUT2D eigenvalue weighted by Crippen LogP contribution is -2.27. The van der Waals surface area contributed by atoms with Crippen molar-refractivity contribution in [1.29, 1.82) is 0 Å². The summed E-state index contributed by atoms with van der Waals surface area (Å²) in [4.78, 5) is 36.2. The van der Waals surface area contributed by atoms with Crippen molar-refractivity contribution in [3.05, 3.63) is 0 Å². The van der Waals surface area contributed by atoms with Crippen molar-refractivity contribution in [3.63, 3.8) is 0 Å². The number of amides is 3. The van der Waals surface area contributed by atoms with Crippen LogP contribution in [0.4, 0.5) is 0 Å². The number of primary amides is 1. The molecule has 0 bridgehead atoms. The monoisotopic (exact) mass is 1040 g/mol. The van der Waals surface area contributed by atoms with Gasteiger partial charge in [-0.05, 0) is 118 Å². The highest BCUT2D eigenvalue weighted by molar-refractivity contribution is 5.76. The zero-order valence-electron chi connectivity index (χ0n) is 54.9. The van der Waals surface area contributed by atoms with E-state index in [9.17, 15) is 14.4 Å². The van der Waals surface area contributed by atoms with Crippen molar-refractivity contribution < 1.29 is 29.0 Å². The molecule has 0 aromatic carbocycles. The molecule has 0 aromatic heterocycles. The van der Waals surface area contributed by atoms with E-state index >= 15 is 0 Å². The minimum atomic E-state index is -0.213. The van der Waals surface area contributed by atoms with Crippen molar-refractivity contribution in [2.24, 2.45) is 70.8 Å². The van der Waals surface area contributed by atoms with Crippen LogP contribution < -0.4 is 11.1 Å². The molecule has 10 nitrogen and oxygen atoms in total. The van der Waals surface area contributed by atoms with E-state index in [1.54, 1.807) is 33.2 Å². The number of nitrogens with one attached hydrogen (secondary N) is 1. The molecule has 444 valence electrons. The van der Waals surface area contributed by atoms with Gasteiger partial charge in [-0.1, -0.05) is 192 Å². The first-order chi connectivity index (χ1) is 33.0. The van der Waals surface area contributed by atoms with Crippen LogP contribution in [-0.2, 0) is 23.9 Å². The normalized spacial score (nSPS) is 11.8. The summed E-state index contributed by atoms with van der Waals surface area (Å²) in [5, 5.41) is 11.4. The molecule has 1 atom stereocenters. The lowest BCUT2D eigenvalue weighted by molar-refractivity contribution is -0.130. The van der Waals surface area contributed by atoms with Crippen LogP contribution in [0.5, 0.6) is 0 Å². The number of rotatable bonds is 21. The molecule has 1 unspecified atom stereocenters. The minimum absolute atomic E-state index is 0.213. The molecule has 10 heteroatoms. The van der Waals surface area contributed by atoms with Gasteiger partial charge >= 0.3 is 0 Å². The number of hydrogen-bond donors (Lipinski definition) is 3. The Kier molecular flexibility index (Phi) is 83.9. The van der Waals surface area contributed by atoms with E-state index in [0.717, 1.165) is 93.9 Å². The van der Waals surface area contributed by atoms with Crippen LogP contribution >= 0.6 is 0 Å². The second-order valence-electron chi connectivity index (χ2n) is 24.3. The number of likely N-dealkylation sites (tertiary alicyclic amines) is 1. The van der Waals surface area contributed by atoms with Crippen molar-refractivity contribution in [1.82, 2.24) is 15.1 Å². The SMILES string of the molecule is CC(C)C.CC(C)C(C)C.CC(C)CC(N)=O.CC(C)CCC(=O)N1CCCC1.CC(C)CCCC(=O)N(C)C.CC(C)CCCCO.CCC(C)C.CNCC(C)C.COC(C)C(C)C.COCC(C)C. The van der Waals surface area contributed by atoms with Gasteiger partial charge in [0, 0.05) is 73.9 Å².